The van der Waals surface area contributed by atoms with Crippen LogP contribution in [-0.2, 0) is 13.9 Å². The lowest BCUT2D eigenvalue weighted by atomic mass is 10.1. The van der Waals surface area contributed by atoms with Crippen LogP contribution in [0.1, 0.15) is 70.6 Å². The molecule has 4 N–H and O–H groups in total. The third kappa shape index (κ3) is 17.5. The molecule has 0 bridgehead atoms. The summed E-state index contributed by atoms with van der Waals surface area (Å²) in [5.41, 5.74) is 1.62. The third-order valence-electron chi connectivity index (χ3n) is 3.18. The van der Waals surface area contributed by atoms with Crippen molar-refractivity contribution in [2.75, 3.05) is 6.61 Å². The number of phosphoric acid groups is 1. The smallest absolute Gasteiger partial charge is 0.303 e. The van der Waals surface area contributed by atoms with Crippen LogP contribution in [0.25, 0.3) is 0 Å². The Labute approximate surface area is 126 Å². The van der Waals surface area contributed by atoms with Crippen LogP contribution in [0.4, 0.5) is 0 Å². The minimum atomic E-state index is -4.29. The summed E-state index contributed by atoms with van der Waals surface area (Å²) in [7, 11) is -4.29. The molecule has 0 unspecified atom stereocenters. The summed E-state index contributed by atoms with van der Waals surface area (Å²) in [5.74, 6) is -0.322. The van der Waals surface area contributed by atoms with Crippen LogP contribution in [0.5, 0.6) is 0 Å². The van der Waals surface area contributed by atoms with E-state index in [0.29, 0.717) is 12.8 Å². The van der Waals surface area contributed by atoms with Gasteiger partial charge in [-0.1, -0.05) is 51.4 Å². The van der Waals surface area contributed by atoms with Gasteiger partial charge in [0.2, 0.25) is 5.91 Å². The number of phosphoric ester groups is 1. The zero-order valence-corrected chi connectivity index (χ0v) is 13.4. The normalized spacial score (nSPS) is 11.6. The van der Waals surface area contributed by atoms with E-state index in [4.69, 9.17) is 15.0 Å². The minimum absolute atomic E-state index is 0.117. The van der Waals surface area contributed by atoms with E-state index >= 15 is 0 Å². The highest BCUT2D eigenvalue weighted by Gasteiger charge is 2.12. The average molecular weight is 325 g/mol. The molecule has 0 aromatic rings. The molecule has 0 aliphatic rings. The van der Waals surface area contributed by atoms with Crippen molar-refractivity contribution in [3.05, 3.63) is 0 Å². The van der Waals surface area contributed by atoms with Crippen molar-refractivity contribution < 1.29 is 28.9 Å². The number of hydrogen-bond acceptors (Lipinski definition) is 4. The topological polar surface area (TPSA) is 116 Å². The highest BCUT2D eigenvalue weighted by Crippen LogP contribution is 2.35. The van der Waals surface area contributed by atoms with E-state index in [1.165, 1.54) is 6.42 Å². The largest absolute Gasteiger partial charge is 0.469 e. The molecule has 0 fully saturated rings. The summed E-state index contributed by atoms with van der Waals surface area (Å²) < 4.78 is 14.8. The summed E-state index contributed by atoms with van der Waals surface area (Å²) in [6, 6.07) is 0. The van der Waals surface area contributed by atoms with Gasteiger partial charge in [-0.15, -0.1) is 0 Å². The lowest BCUT2D eigenvalue weighted by Gasteiger charge is -2.05. The molecular weight excluding hydrogens is 297 g/mol. The molecule has 0 radical (unpaired) electrons. The highest BCUT2D eigenvalue weighted by molar-refractivity contribution is 7.46. The molecule has 0 rings (SSSR count). The summed E-state index contributed by atoms with van der Waals surface area (Å²) in [4.78, 5) is 27.7. The number of amides is 1. The molecule has 126 valence electrons. The van der Waals surface area contributed by atoms with Gasteiger partial charge in [-0.2, -0.15) is 0 Å². The molecule has 21 heavy (non-hydrogen) atoms. The van der Waals surface area contributed by atoms with E-state index in [1.54, 1.807) is 5.48 Å². The number of hydrogen-bond donors (Lipinski definition) is 4. The van der Waals surface area contributed by atoms with Crippen LogP contribution in [0.15, 0.2) is 0 Å². The second kappa shape index (κ2) is 13.2. The maximum absolute atomic E-state index is 10.7. The van der Waals surface area contributed by atoms with Crippen LogP contribution in [0.2, 0.25) is 0 Å². The van der Waals surface area contributed by atoms with E-state index in [0.717, 1.165) is 51.4 Å². The van der Waals surface area contributed by atoms with Gasteiger partial charge in [-0.3, -0.25) is 14.5 Å². The van der Waals surface area contributed by atoms with Crippen molar-refractivity contribution >= 4 is 13.7 Å². The van der Waals surface area contributed by atoms with Gasteiger partial charge >= 0.3 is 7.82 Å². The Morgan fingerprint density at radius 3 is 1.71 bits per heavy atom. The summed E-state index contributed by atoms with van der Waals surface area (Å²) in [6.07, 6.45) is 10.6. The van der Waals surface area contributed by atoms with Gasteiger partial charge in [0, 0.05) is 6.42 Å². The predicted molar refractivity (Wildman–Crippen MR) is 78.7 cm³/mol. The van der Waals surface area contributed by atoms with Crippen LogP contribution in [0, 0.1) is 0 Å². The monoisotopic (exact) mass is 325 g/mol. The number of carbonyl (C=O) groups excluding carboxylic acids is 1. The molecule has 0 saturated heterocycles. The van der Waals surface area contributed by atoms with Gasteiger partial charge in [0.05, 0.1) is 6.61 Å². The third-order valence-corrected chi connectivity index (χ3v) is 3.70. The van der Waals surface area contributed by atoms with Gasteiger partial charge in [0.25, 0.3) is 0 Å². The van der Waals surface area contributed by atoms with Crippen LogP contribution in [-0.4, -0.2) is 27.5 Å². The first-order valence-electron chi connectivity index (χ1n) is 7.59. The van der Waals surface area contributed by atoms with Gasteiger partial charge in [-0.05, 0) is 12.8 Å². The fourth-order valence-corrected chi connectivity index (χ4v) is 2.41. The van der Waals surface area contributed by atoms with E-state index in [1.807, 2.05) is 0 Å². The fourth-order valence-electron chi connectivity index (χ4n) is 2.04. The Hall–Kier alpha value is -0.460. The number of unbranched alkanes of at least 4 members (excludes halogenated alkanes) is 9. The first kappa shape index (κ1) is 20.5. The molecule has 1 amide bonds. The molecule has 0 heterocycles. The number of hydroxylamine groups is 1. The minimum Gasteiger partial charge on any atom is -0.303 e. The first-order valence-corrected chi connectivity index (χ1v) is 9.12. The molecule has 0 aromatic carbocycles. The van der Waals surface area contributed by atoms with Crippen molar-refractivity contribution in [1.82, 2.24) is 5.48 Å². The maximum atomic E-state index is 10.7. The van der Waals surface area contributed by atoms with Gasteiger partial charge in [0.1, 0.15) is 0 Å². The van der Waals surface area contributed by atoms with Crippen LogP contribution >= 0.6 is 7.82 Å². The summed E-state index contributed by atoms with van der Waals surface area (Å²) >= 11 is 0. The van der Waals surface area contributed by atoms with Crippen molar-refractivity contribution in [2.24, 2.45) is 0 Å². The fraction of sp³-hybridized carbons (Fsp3) is 0.923. The number of nitrogens with one attached hydrogen (secondary N) is 1. The lowest BCUT2D eigenvalue weighted by molar-refractivity contribution is -0.129. The molecule has 7 nitrogen and oxygen atoms in total. The lowest BCUT2D eigenvalue weighted by Crippen LogP contribution is -2.17. The van der Waals surface area contributed by atoms with Gasteiger partial charge in [-0.25, -0.2) is 10.0 Å². The highest BCUT2D eigenvalue weighted by atomic mass is 31.2. The predicted octanol–water partition coefficient (Wildman–Crippen LogP) is 2.89. The Morgan fingerprint density at radius 1 is 0.857 bits per heavy atom. The molecule has 0 atom stereocenters. The quantitative estimate of drug-likeness (QED) is 0.169. The van der Waals surface area contributed by atoms with Crippen molar-refractivity contribution in [3.63, 3.8) is 0 Å². The number of carbonyl (C=O) groups is 1. The number of rotatable bonds is 14. The van der Waals surface area contributed by atoms with Crippen molar-refractivity contribution in [1.29, 1.82) is 0 Å². The van der Waals surface area contributed by atoms with E-state index in [2.05, 4.69) is 4.52 Å². The summed E-state index contributed by atoms with van der Waals surface area (Å²) in [6.45, 7) is 0.117. The average Bonchev–Trinajstić information content (AvgIpc) is 2.42. The Morgan fingerprint density at radius 2 is 1.29 bits per heavy atom. The van der Waals surface area contributed by atoms with Gasteiger partial charge < -0.3 is 9.79 Å². The first-order chi connectivity index (χ1) is 9.95. The maximum Gasteiger partial charge on any atom is 0.469 e. The second-order valence-corrected chi connectivity index (χ2v) is 6.38. The van der Waals surface area contributed by atoms with E-state index < -0.39 is 7.82 Å². The Kier molecular flexibility index (Phi) is 12.9. The SMILES string of the molecule is O=C(CCCCCCCCCCCCOP(=O)(O)O)NO. The van der Waals surface area contributed by atoms with E-state index in [-0.39, 0.29) is 12.5 Å². The van der Waals surface area contributed by atoms with Gasteiger partial charge in [0.15, 0.2) is 0 Å². The van der Waals surface area contributed by atoms with E-state index in [9.17, 15) is 9.36 Å². The van der Waals surface area contributed by atoms with Crippen molar-refractivity contribution in [3.8, 4) is 0 Å². The molecular formula is C13H28NO6P. The Bertz CT molecular complexity index is 307. The molecule has 0 aliphatic heterocycles. The zero-order chi connectivity index (χ0) is 16.0. The van der Waals surface area contributed by atoms with Crippen LogP contribution < -0.4 is 5.48 Å². The molecule has 0 spiro atoms. The Balaban J connectivity index is 3.09. The second-order valence-electron chi connectivity index (χ2n) is 5.14. The van der Waals surface area contributed by atoms with Crippen LogP contribution in [0.3, 0.4) is 0 Å². The molecule has 8 heteroatoms. The van der Waals surface area contributed by atoms with Crippen molar-refractivity contribution in [2.45, 2.75) is 70.6 Å². The molecule has 0 aromatic heterocycles. The zero-order valence-electron chi connectivity index (χ0n) is 12.5. The molecule has 0 aliphatic carbocycles. The standard InChI is InChI=1S/C13H28NO6P/c15-13(14-16)11-9-7-5-3-1-2-4-6-8-10-12-20-21(17,18)19/h16H,1-12H2,(H,14,15)(H2,17,18,19). The summed E-state index contributed by atoms with van der Waals surface area (Å²) in [5, 5.41) is 8.31. The molecule has 0 saturated carbocycles.